The molecule has 0 spiro atoms. The van der Waals surface area contributed by atoms with Crippen molar-refractivity contribution in [3.05, 3.63) is 34.8 Å². The Hall–Kier alpha value is -2.48. The van der Waals surface area contributed by atoms with E-state index in [1.165, 1.54) is 11.3 Å². The van der Waals surface area contributed by atoms with Crippen LogP contribution in [0.15, 0.2) is 24.3 Å². The van der Waals surface area contributed by atoms with E-state index in [4.69, 9.17) is 4.74 Å². The highest BCUT2D eigenvalue weighted by Crippen LogP contribution is 2.18. The molecule has 2 rings (SSSR count). The third-order valence-corrected chi connectivity index (χ3v) is 4.05. The van der Waals surface area contributed by atoms with Crippen LogP contribution in [0, 0.1) is 5.92 Å². The Morgan fingerprint density at radius 2 is 1.81 bits per heavy atom. The smallest absolute Gasteiger partial charge is 0.251 e. The van der Waals surface area contributed by atoms with Crippen LogP contribution in [0.25, 0.3) is 0 Å². The molecule has 0 bridgehead atoms. The van der Waals surface area contributed by atoms with Crippen molar-refractivity contribution in [3.8, 4) is 5.75 Å². The monoisotopic (exact) mass is 376 g/mol. The molecule has 2 amide bonds. The zero-order valence-corrected chi connectivity index (χ0v) is 16.2. The van der Waals surface area contributed by atoms with Gasteiger partial charge in [-0.15, -0.1) is 10.2 Å². The molecule has 2 aromatic rings. The molecule has 2 N–H and O–H groups in total. The van der Waals surface area contributed by atoms with Gasteiger partial charge < -0.3 is 10.1 Å². The molecule has 140 valence electrons. The van der Waals surface area contributed by atoms with Crippen molar-refractivity contribution in [2.75, 3.05) is 11.9 Å². The van der Waals surface area contributed by atoms with E-state index in [0.717, 1.165) is 11.4 Å². The fourth-order valence-corrected chi connectivity index (χ4v) is 3.09. The second-order valence-electron chi connectivity index (χ2n) is 6.52. The number of rotatable bonds is 8. The minimum atomic E-state index is -0.342. The lowest BCUT2D eigenvalue weighted by atomic mass is 10.1. The van der Waals surface area contributed by atoms with Crippen molar-refractivity contribution in [3.63, 3.8) is 0 Å². The molecule has 1 heterocycles. The molecule has 0 atom stereocenters. The summed E-state index contributed by atoms with van der Waals surface area (Å²) in [6.07, 6.45) is 0.889. The minimum Gasteiger partial charge on any atom is -0.491 e. The summed E-state index contributed by atoms with van der Waals surface area (Å²) < 4.78 is 5.53. The van der Waals surface area contributed by atoms with Gasteiger partial charge in [0, 0.05) is 12.0 Å². The number of hydrogen-bond acceptors (Lipinski definition) is 6. The van der Waals surface area contributed by atoms with E-state index in [0.29, 0.717) is 22.4 Å². The third kappa shape index (κ3) is 6.44. The van der Waals surface area contributed by atoms with Crippen molar-refractivity contribution >= 4 is 28.3 Å². The molecule has 0 unspecified atom stereocenters. The van der Waals surface area contributed by atoms with Crippen LogP contribution in [-0.4, -0.2) is 34.7 Å². The first-order valence-electron chi connectivity index (χ1n) is 8.50. The number of nitrogens with one attached hydrogen (secondary N) is 2. The van der Waals surface area contributed by atoms with Gasteiger partial charge in [0.25, 0.3) is 5.91 Å². The van der Waals surface area contributed by atoms with Crippen molar-refractivity contribution < 1.29 is 14.3 Å². The van der Waals surface area contributed by atoms with Gasteiger partial charge in [0.05, 0.1) is 12.6 Å². The number of amides is 2. The van der Waals surface area contributed by atoms with Crippen molar-refractivity contribution in [2.24, 2.45) is 5.92 Å². The molecule has 0 aliphatic rings. The molecule has 0 saturated heterocycles. The largest absolute Gasteiger partial charge is 0.491 e. The maximum atomic E-state index is 12.1. The molecular formula is C18H24N4O3S. The van der Waals surface area contributed by atoms with Gasteiger partial charge in [-0.3, -0.25) is 14.9 Å². The summed E-state index contributed by atoms with van der Waals surface area (Å²) in [7, 11) is 0. The van der Waals surface area contributed by atoms with Crippen LogP contribution in [0.5, 0.6) is 5.75 Å². The van der Waals surface area contributed by atoms with Crippen LogP contribution in [-0.2, 0) is 11.2 Å². The Morgan fingerprint density at radius 3 is 2.42 bits per heavy atom. The van der Waals surface area contributed by atoms with Gasteiger partial charge in [-0.25, -0.2) is 0 Å². The lowest BCUT2D eigenvalue weighted by Crippen LogP contribution is -2.32. The van der Waals surface area contributed by atoms with Gasteiger partial charge in [-0.05, 0) is 44.0 Å². The Labute approximate surface area is 157 Å². The summed E-state index contributed by atoms with van der Waals surface area (Å²) >= 11 is 1.35. The van der Waals surface area contributed by atoms with E-state index < -0.39 is 0 Å². The first-order chi connectivity index (χ1) is 12.3. The highest BCUT2D eigenvalue weighted by Gasteiger charge is 2.12. The van der Waals surface area contributed by atoms with E-state index >= 15 is 0 Å². The second-order valence-corrected chi connectivity index (χ2v) is 7.58. The summed E-state index contributed by atoms with van der Waals surface area (Å²) in [6, 6.07) is 6.78. The summed E-state index contributed by atoms with van der Waals surface area (Å²) in [4.78, 5) is 24.1. The molecule has 26 heavy (non-hydrogen) atoms. The molecule has 0 aliphatic carbocycles. The standard InChI is InChI=1S/C18H24N4O3S/c1-11(2)9-16-21-22-18(26-16)20-15(23)10-19-17(24)13-5-7-14(8-6-13)25-12(3)4/h5-8,11-12H,9-10H2,1-4H3,(H,19,24)(H,20,22,23). The zero-order valence-electron chi connectivity index (χ0n) is 15.4. The Balaban J connectivity index is 1.81. The quantitative estimate of drug-likeness (QED) is 0.739. The summed E-state index contributed by atoms with van der Waals surface area (Å²) in [6.45, 7) is 7.92. The topological polar surface area (TPSA) is 93.2 Å². The number of carbonyl (C=O) groups is 2. The second kappa shape index (κ2) is 9.28. The van der Waals surface area contributed by atoms with E-state index in [1.54, 1.807) is 24.3 Å². The molecule has 0 aliphatic heterocycles. The number of ether oxygens (including phenoxy) is 1. The number of carbonyl (C=O) groups excluding carboxylic acids is 2. The molecule has 0 saturated carbocycles. The highest BCUT2D eigenvalue weighted by atomic mass is 32.1. The molecule has 0 radical (unpaired) electrons. The molecule has 8 heteroatoms. The van der Waals surface area contributed by atoms with Gasteiger partial charge in [0.2, 0.25) is 11.0 Å². The Morgan fingerprint density at radius 1 is 1.12 bits per heavy atom. The lowest BCUT2D eigenvalue weighted by molar-refractivity contribution is -0.115. The molecule has 7 nitrogen and oxygen atoms in total. The maximum absolute atomic E-state index is 12.1. The number of anilines is 1. The number of nitrogens with zero attached hydrogens (tertiary/aromatic N) is 2. The van der Waals surface area contributed by atoms with Gasteiger partial charge in [0.15, 0.2) is 0 Å². The fraction of sp³-hybridized carbons (Fsp3) is 0.444. The summed E-state index contributed by atoms with van der Waals surface area (Å²) in [5, 5.41) is 14.5. The van der Waals surface area contributed by atoms with Crippen LogP contribution in [0.2, 0.25) is 0 Å². The average Bonchev–Trinajstić information content (AvgIpc) is 2.98. The predicted molar refractivity (Wildman–Crippen MR) is 102 cm³/mol. The van der Waals surface area contributed by atoms with Crippen LogP contribution in [0.3, 0.4) is 0 Å². The normalized spacial score (nSPS) is 10.8. The van der Waals surface area contributed by atoms with Crippen LogP contribution >= 0.6 is 11.3 Å². The molecule has 0 fully saturated rings. The Kier molecular flexibility index (Phi) is 7.08. The Bertz CT molecular complexity index is 741. The average molecular weight is 376 g/mol. The number of aromatic nitrogens is 2. The van der Waals surface area contributed by atoms with Crippen molar-refractivity contribution in [2.45, 2.75) is 40.2 Å². The minimum absolute atomic E-state index is 0.0692. The van der Waals surface area contributed by atoms with Gasteiger partial charge in [0.1, 0.15) is 10.8 Å². The van der Waals surface area contributed by atoms with Crippen LogP contribution < -0.4 is 15.4 Å². The predicted octanol–water partition coefficient (Wildman–Crippen LogP) is 2.89. The van der Waals surface area contributed by atoms with E-state index in [2.05, 4.69) is 34.7 Å². The molecule has 1 aromatic carbocycles. The first kappa shape index (κ1) is 19.8. The van der Waals surface area contributed by atoms with Gasteiger partial charge in [-0.1, -0.05) is 25.2 Å². The van der Waals surface area contributed by atoms with Crippen LogP contribution in [0.4, 0.5) is 5.13 Å². The fourth-order valence-electron chi connectivity index (χ4n) is 2.12. The van der Waals surface area contributed by atoms with Crippen LogP contribution in [0.1, 0.15) is 43.1 Å². The SMILES string of the molecule is CC(C)Cc1nnc(NC(=O)CNC(=O)c2ccc(OC(C)C)cc2)s1. The number of hydrogen-bond donors (Lipinski definition) is 2. The van der Waals surface area contributed by atoms with E-state index in [9.17, 15) is 9.59 Å². The molecular weight excluding hydrogens is 352 g/mol. The lowest BCUT2D eigenvalue weighted by Gasteiger charge is -2.10. The number of benzene rings is 1. The summed E-state index contributed by atoms with van der Waals surface area (Å²) in [5.41, 5.74) is 0.462. The van der Waals surface area contributed by atoms with Gasteiger partial charge in [-0.2, -0.15) is 0 Å². The maximum Gasteiger partial charge on any atom is 0.251 e. The van der Waals surface area contributed by atoms with E-state index in [1.807, 2.05) is 13.8 Å². The van der Waals surface area contributed by atoms with Crippen molar-refractivity contribution in [1.82, 2.24) is 15.5 Å². The van der Waals surface area contributed by atoms with Crippen molar-refractivity contribution in [1.29, 1.82) is 0 Å². The summed E-state index contributed by atoms with van der Waals surface area (Å²) in [5.74, 6) is 0.505. The zero-order chi connectivity index (χ0) is 19.1. The highest BCUT2D eigenvalue weighted by molar-refractivity contribution is 7.15. The first-order valence-corrected chi connectivity index (χ1v) is 9.32. The van der Waals surface area contributed by atoms with Gasteiger partial charge >= 0.3 is 0 Å². The molecule has 1 aromatic heterocycles. The third-order valence-electron chi connectivity index (χ3n) is 3.19. The van der Waals surface area contributed by atoms with E-state index in [-0.39, 0.29) is 24.5 Å².